The molecule has 4 heterocycles. The average molecular weight is 1000 g/mol. The van der Waals surface area contributed by atoms with Crippen molar-refractivity contribution in [2.45, 2.75) is 149 Å². The smallest absolute Gasteiger partial charge is 0.246 e. The summed E-state index contributed by atoms with van der Waals surface area (Å²) in [6, 6.07) is 15.0. The number of amides is 3. The van der Waals surface area contributed by atoms with Crippen molar-refractivity contribution in [3.05, 3.63) is 106 Å². The van der Waals surface area contributed by atoms with E-state index in [1.54, 1.807) is 11.3 Å². The summed E-state index contributed by atoms with van der Waals surface area (Å²) < 4.78 is 58.9. The predicted molar refractivity (Wildman–Crippen MR) is 272 cm³/mol. The first kappa shape index (κ1) is 53.5. The number of fused-ring (bicyclic) bond motifs is 3. The molecule has 2 aliphatic heterocycles. The van der Waals surface area contributed by atoms with E-state index in [0.29, 0.717) is 25.1 Å². The number of hydrogen-bond donors (Lipinski definition) is 4. The number of halogens is 3. The van der Waals surface area contributed by atoms with Crippen LogP contribution in [0.15, 0.2) is 66.2 Å². The molecule has 71 heavy (non-hydrogen) atoms. The highest BCUT2D eigenvalue weighted by Gasteiger charge is 2.45. The number of hydrogen-bond acceptors (Lipinski definition) is 9. The summed E-state index contributed by atoms with van der Waals surface area (Å²) in [5, 5.41) is 17.6. The molecule has 12 nitrogen and oxygen atoms in total. The Hall–Kier alpha value is -5.29. The number of carbonyl (C=O) groups excluding carboxylic acids is 3. The van der Waals surface area contributed by atoms with Crippen LogP contribution >= 0.6 is 11.3 Å². The number of nitrogens with one attached hydrogen (secondary N) is 3. The predicted octanol–water partition coefficient (Wildman–Crippen LogP) is 10.1. The van der Waals surface area contributed by atoms with Crippen LogP contribution in [0.1, 0.15) is 134 Å². The number of unbranched alkanes of at least 4 members (excludes halogenated alkanes) is 4. The minimum Gasteiger partial charge on any atom is -0.493 e. The van der Waals surface area contributed by atoms with E-state index in [4.69, 9.17) is 9.47 Å². The Morgan fingerprint density at radius 3 is 2.28 bits per heavy atom. The van der Waals surface area contributed by atoms with Gasteiger partial charge < -0.3 is 35.1 Å². The monoisotopic (exact) mass is 1000 g/mol. The molecule has 5 aromatic rings. The number of likely N-dealkylation sites (tertiary alicyclic amines) is 1. The molecule has 3 aromatic carbocycles. The fourth-order valence-corrected chi connectivity index (χ4v) is 10.8. The van der Waals surface area contributed by atoms with Crippen molar-refractivity contribution in [1.82, 2.24) is 30.4 Å². The van der Waals surface area contributed by atoms with Gasteiger partial charge in [-0.15, -0.1) is 11.3 Å². The van der Waals surface area contributed by atoms with E-state index in [-0.39, 0.29) is 74.4 Å². The van der Waals surface area contributed by atoms with Crippen LogP contribution in [0.4, 0.5) is 13.2 Å². The number of ether oxygens (including phenoxy) is 2. The molecule has 2 aliphatic rings. The van der Waals surface area contributed by atoms with E-state index in [1.807, 2.05) is 100 Å². The number of H-pyrrole nitrogens is 1. The molecule has 7 rings (SSSR count). The summed E-state index contributed by atoms with van der Waals surface area (Å²) >= 11 is 1.57. The van der Waals surface area contributed by atoms with Gasteiger partial charge in [0, 0.05) is 72.9 Å². The fraction of sp³-hybridized carbons (Fsp3) is 0.527. The van der Waals surface area contributed by atoms with Gasteiger partial charge in [0.05, 0.1) is 47.5 Å². The normalized spacial score (nSPS) is 19.4. The second kappa shape index (κ2) is 23.1. The van der Waals surface area contributed by atoms with Gasteiger partial charge in [0.2, 0.25) is 17.7 Å². The van der Waals surface area contributed by atoms with Crippen LogP contribution in [0, 0.1) is 24.0 Å². The highest BCUT2D eigenvalue weighted by molar-refractivity contribution is 7.13. The number of β-amino-alcohol motifs (C(OH)–C–C–N with tert-alkyl or cyclic N) is 1. The molecule has 0 aliphatic carbocycles. The Balaban J connectivity index is 0.815. The average Bonchev–Trinajstić information content (AvgIpc) is 4.03. The lowest BCUT2D eigenvalue weighted by molar-refractivity contribution is -0.144. The number of aliphatic hydroxyl groups excluding tert-OH is 1. The molecular weight excluding hydrogens is 930 g/mol. The van der Waals surface area contributed by atoms with Gasteiger partial charge in [0.1, 0.15) is 35.1 Å². The van der Waals surface area contributed by atoms with Crippen molar-refractivity contribution in [3.63, 3.8) is 0 Å². The van der Waals surface area contributed by atoms with Crippen molar-refractivity contribution >= 4 is 40.0 Å². The third kappa shape index (κ3) is 13.2. The van der Waals surface area contributed by atoms with Gasteiger partial charge in [0.25, 0.3) is 0 Å². The highest BCUT2D eigenvalue weighted by atomic mass is 32.1. The first-order chi connectivity index (χ1) is 33.7. The summed E-state index contributed by atoms with van der Waals surface area (Å²) in [6.45, 7) is 15.2. The molecule has 0 bridgehead atoms. The lowest BCUT2D eigenvalue weighted by atomic mass is 9.85. The van der Waals surface area contributed by atoms with Crippen molar-refractivity contribution in [3.8, 4) is 16.2 Å². The van der Waals surface area contributed by atoms with E-state index in [2.05, 4.69) is 20.6 Å². The van der Waals surface area contributed by atoms with Crippen LogP contribution in [0.3, 0.4) is 0 Å². The van der Waals surface area contributed by atoms with E-state index >= 15 is 13.2 Å². The molecule has 0 saturated carbocycles. The molecule has 1 saturated heterocycles. The summed E-state index contributed by atoms with van der Waals surface area (Å²) in [6.07, 6.45) is 3.94. The van der Waals surface area contributed by atoms with Gasteiger partial charge >= 0.3 is 0 Å². The maximum Gasteiger partial charge on any atom is 0.246 e. The second-order valence-electron chi connectivity index (χ2n) is 21.1. The van der Waals surface area contributed by atoms with Crippen LogP contribution < -0.4 is 15.4 Å². The van der Waals surface area contributed by atoms with Crippen LogP contribution in [-0.2, 0) is 25.5 Å². The molecule has 1 unspecified atom stereocenters. The summed E-state index contributed by atoms with van der Waals surface area (Å²) in [5.74, 6) is -2.53. The van der Waals surface area contributed by atoms with Crippen LogP contribution in [0.25, 0.3) is 21.3 Å². The Morgan fingerprint density at radius 2 is 1.62 bits per heavy atom. The van der Waals surface area contributed by atoms with Gasteiger partial charge in [-0.2, -0.15) is 0 Å². The molecule has 3 amide bonds. The van der Waals surface area contributed by atoms with Crippen molar-refractivity contribution in [1.29, 1.82) is 0 Å². The van der Waals surface area contributed by atoms with Gasteiger partial charge in [-0.3, -0.25) is 19.3 Å². The van der Waals surface area contributed by atoms with Crippen molar-refractivity contribution < 1.29 is 42.1 Å². The molecule has 0 radical (unpaired) electrons. The first-order valence-corrected chi connectivity index (χ1v) is 25.9. The number of aryl methyl sites for hydroxylation is 1. The Labute approximate surface area is 420 Å². The minimum atomic E-state index is -1.59. The zero-order chi connectivity index (χ0) is 51.2. The fourth-order valence-electron chi connectivity index (χ4n) is 9.95. The Morgan fingerprint density at radius 1 is 0.944 bits per heavy atom. The summed E-state index contributed by atoms with van der Waals surface area (Å²) in [7, 11) is 0. The number of rotatable bonds is 21. The Kier molecular flexibility index (Phi) is 17.4. The molecular formula is C55H71F3N6O6S. The minimum absolute atomic E-state index is 0.000273. The lowest BCUT2D eigenvalue weighted by Gasteiger charge is -2.43. The number of thiazole rings is 1. The number of para-hydroxylation sites is 1. The molecule has 0 spiro atoms. The third-order valence-electron chi connectivity index (χ3n) is 13.6. The Bertz CT molecular complexity index is 2600. The number of nitrogens with zero attached hydrogens (tertiary/aromatic N) is 3. The van der Waals surface area contributed by atoms with Crippen LogP contribution in [0.5, 0.6) is 5.75 Å². The maximum absolute atomic E-state index is 16.1. The second-order valence-corrected chi connectivity index (χ2v) is 21.9. The molecule has 1 fully saturated rings. The van der Waals surface area contributed by atoms with Crippen molar-refractivity contribution in [2.75, 3.05) is 32.9 Å². The standard InChI is InChI=1S/C55H71F3N6O6S/c1-33-26-41-40-16-12-13-17-44(40)61-48(41)49(64(33)31-55(7,8)58)47-42(56)28-39(29-43(47)57)70-24-15-11-9-10-14-23-69-25-22-46(66)62-51(54(4,5)6)53(68)63-30-38(65)27-45(63)52(67)60-34(2)36-18-20-37(21-19-36)50-35(3)59-32-71-50/h12-13,16-21,28-29,32-34,38,45,49,51,61,65H,9-11,14-15,22-27,30-31H2,1-8H3,(H,60,67)(H,62,66)/t33-,34+,38-,45+,49-,51?/m1/s1. The summed E-state index contributed by atoms with van der Waals surface area (Å²) in [4.78, 5) is 53.0. The molecule has 2 aromatic heterocycles. The quantitative estimate of drug-likeness (QED) is 0.0531. The molecule has 6 atom stereocenters. The van der Waals surface area contributed by atoms with E-state index in [0.717, 1.165) is 63.8 Å². The maximum atomic E-state index is 16.1. The number of aromatic amines is 1. The number of aliphatic hydroxyl groups is 1. The first-order valence-electron chi connectivity index (χ1n) is 25.0. The number of carbonyl (C=O) groups is 3. The van der Waals surface area contributed by atoms with Gasteiger partial charge in [0.15, 0.2) is 0 Å². The SMILES string of the molecule is Cc1ncsc1-c1ccc([C@H](C)NC(=O)[C@@H]2C[C@@H](O)CN2C(=O)C(NC(=O)CCOCCCCCCCOc2cc(F)c([C@@H]3c4[nH]c5ccccc5c4C[C@@H](C)N3CC(C)(C)F)c(F)c2)C(C)(C)C)cc1. The number of aromatic nitrogens is 2. The van der Waals surface area contributed by atoms with Gasteiger partial charge in [-0.1, -0.05) is 82.5 Å². The zero-order valence-corrected chi connectivity index (χ0v) is 43.2. The zero-order valence-electron chi connectivity index (χ0n) is 42.4. The van der Waals surface area contributed by atoms with E-state index < -0.39 is 52.9 Å². The van der Waals surface area contributed by atoms with Gasteiger partial charge in [-0.05, 0) is 82.1 Å². The number of alkyl halides is 1. The van der Waals surface area contributed by atoms with Gasteiger partial charge in [-0.25, -0.2) is 18.2 Å². The van der Waals surface area contributed by atoms with Crippen LogP contribution in [-0.4, -0.2) is 105 Å². The largest absolute Gasteiger partial charge is 0.493 e. The lowest BCUT2D eigenvalue weighted by Crippen LogP contribution is -2.58. The molecule has 16 heteroatoms. The summed E-state index contributed by atoms with van der Waals surface area (Å²) in [5.41, 5.74) is 4.84. The third-order valence-corrected chi connectivity index (χ3v) is 14.6. The van der Waals surface area contributed by atoms with E-state index in [1.165, 1.54) is 30.9 Å². The van der Waals surface area contributed by atoms with Crippen molar-refractivity contribution in [2.24, 2.45) is 5.41 Å². The van der Waals surface area contributed by atoms with E-state index in [9.17, 15) is 19.5 Å². The van der Waals surface area contributed by atoms with Crippen LogP contribution in [0.2, 0.25) is 0 Å². The highest BCUT2D eigenvalue weighted by Crippen LogP contribution is 2.44. The number of benzene rings is 3. The molecule has 4 N–H and O–H groups in total. The topological polar surface area (TPSA) is 149 Å². The molecule has 384 valence electrons.